The number of benzene rings is 1. The number of methoxy groups -OCH3 is 1. The number of hydrazine groups is 1. The van der Waals surface area contributed by atoms with Crippen LogP contribution >= 0.6 is 12.2 Å². The van der Waals surface area contributed by atoms with Crippen molar-refractivity contribution in [3.8, 4) is 0 Å². The number of amides is 3. The van der Waals surface area contributed by atoms with Gasteiger partial charge in [0.25, 0.3) is 5.91 Å². The molecule has 1 aromatic carbocycles. The van der Waals surface area contributed by atoms with Gasteiger partial charge >= 0.3 is 12.0 Å². The summed E-state index contributed by atoms with van der Waals surface area (Å²) in [5.41, 5.74) is 2.21. The lowest BCUT2D eigenvalue weighted by atomic mass is 9.87. The number of thiocarbonyl (C=S) groups is 1. The van der Waals surface area contributed by atoms with Crippen molar-refractivity contribution >= 4 is 35.2 Å². The maximum atomic E-state index is 12.9. The number of hydrogen-bond donors (Lipinski definition) is 3. The van der Waals surface area contributed by atoms with E-state index < -0.39 is 17.5 Å². The van der Waals surface area contributed by atoms with Crippen LogP contribution in [0.5, 0.6) is 0 Å². The molecule has 3 amide bonds. The van der Waals surface area contributed by atoms with Crippen LogP contribution in [0.3, 0.4) is 0 Å². The lowest BCUT2D eigenvalue weighted by Crippen LogP contribution is -2.51. The third-order valence-electron chi connectivity index (χ3n) is 4.17. The molecule has 8 nitrogen and oxygen atoms in total. The Morgan fingerprint density at radius 1 is 1.31 bits per heavy atom. The second kappa shape index (κ2) is 8.61. The third kappa shape index (κ3) is 4.10. The Balaban J connectivity index is 1.98. The zero-order valence-corrected chi connectivity index (χ0v) is 15.5. The van der Waals surface area contributed by atoms with E-state index in [0.29, 0.717) is 24.9 Å². The molecule has 26 heavy (non-hydrogen) atoms. The summed E-state index contributed by atoms with van der Waals surface area (Å²) >= 11 is 5.12. The minimum absolute atomic E-state index is 0.123. The predicted molar refractivity (Wildman–Crippen MR) is 98.8 cm³/mol. The number of nitrogens with zero attached hydrogens (tertiary/aromatic N) is 1. The molecule has 2 rings (SSSR count). The Morgan fingerprint density at radius 2 is 2.00 bits per heavy atom. The van der Waals surface area contributed by atoms with Crippen LogP contribution in [0.15, 0.2) is 30.3 Å². The average molecular weight is 378 g/mol. The van der Waals surface area contributed by atoms with Crippen LogP contribution in [0.4, 0.5) is 4.79 Å². The fourth-order valence-electron chi connectivity index (χ4n) is 2.72. The highest BCUT2D eigenvalue weighted by Crippen LogP contribution is 2.31. The largest absolute Gasteiger partial charge is 0.469 e. The molecule has 1 aliphatic rings. The summed E-state index contributed by atoms with van der Waals surface area (Å²) in [6.07, 6.45) is 1.17. The SMILES string of the molecule is CC[C@@]1(c2ccccc2)NC(=O)N(NC(=S)NCCCC(=O)OC)C1=O. The number of hydrogen-bond acceptors (Lipinski definition) is 5. The summed E-state index contributed by atoms with van der Waals surface area (Å²) in [6, 6.07) is 8.51. The maximum Gasteiger partial charge on any atom is 0.344 e. The number of ether oxygens (including phenoxy) is 1. The summed E-state index contributed by atoms with van der Waals surface area (Å²) < 4.78 is 4.55. The third-order valence-corrected chi connectivity index (χ3v) is 4.41. The smallest absolute Gasteiger partial charge is 0.344 e. The van der Waals surface area contributed by atoms with Gasteiger partial charge in [-0.3, -0.25) is 15.0 Å². The van der Waals surface area contributed by atoms with Crippen molar-refractivity contribution in [3.05, 3.63) is 35.9 Å². The molecule has 0 aromatic heterocycles. The first-order valence-corrected chi connectivity index (χ1v) is 8.69. The lowest BCUT2D eigenvalue weighted by Gasteiger charge is -2.25. The van der Waals surface area contributed by atoms with Crippen molar-refractivity contribution in [2.75, 3.05) is 13.7 Å². The van der Waals surface area contributed by atoms with Gasteiger partial charge in [0.2, 0.25) is 0 Å². The first kappa shape index (κ1) is 19.6. The van der Waals surface area contributed by atoms with Gasteiger partial charge in [-0.15, -0.1) is 0 Å². The van der Waals surface area contributed by atoms with Gasteiger partial charge in [0.05, 0.1) is 7.11 Å². The van der Waals surface area contributed by atoms with Gasteiger partial charge in [-0.25, -0.2) is 4.79 Å². The molecule has 9 heteroatoms. The molecule has 140 valence electrons. The van der Waals surface area contributed by atoms with Crippen molar-refractivity contribution in [1.29, 1.82) is 0 Å². The number of carbonyl (C=O) groups is 3. The number of esters is 1. The second-order valence-corrected chi connectivity index (χ2v) is 6.15. The van der Waals surface area contributed by atoms with E-state index in [2.05, 4.69) is 20.8 Å². The topological polar surface area (TPSA) is 99.8 Å². The van der Waals surface area contributed by atoms with E-state index in [1.807, 2.05) is 25.1 Å². The summed E-state index contributed by atoms with van der Waals surface area (Å²) in [4.78, 5) is 36.3. The number of carbonyl (C=O) groups excluding carboxylic acids is 3. The number of imide groups is 1. The van der Waals surface area contributed by atoms with E-state index in [4.69, 9.17) is 12.2 Å². The van der Waals surface area contributed by atoms with E-state index in [1.54, 1.807) is 12.1 Å². The van der Waals surface area contributed by atoms with Crippen molar-refractivity contribution in [1.82, 2.24) is 21.1 Å². The van der Waals surface area contributed by atoms with Crippen molar-refractivity contribution in [2.24, 2.45) is 0 Å². The zero-order valence-electron chi connectivity index (χ0n) is 14.7. The molecule has 1 fully saturated rings. The molecule has 3 N–H and O–H groups in total. The number of rotatable bonds is 7. The molecular formula is C17H22N4O4S. The number of urea groups is 1. The monoisotopic (exact) mass is 378 g/mol. The Hall–Kier alpha value is -2.68. The number of nitrogens with one attached hydrogen (secondary N) is 3. The fraction of sp³-hybridized carbons (Fsp3) is 0.412. The van der Waals surface area contributed by atoms with Gasteiger partial charge in [-0.05, 0) is 30.6 Å². The van der Waals surface area contributed by atoms with E-state index in [1.165, 1.54) is 7.11 Å². The Labute approximate surface area is 157 Å². The molecule has 0 bridgehead atoms. The molecule has 0 radical (unpaired) electrons. The highest BCUT2D eigenvalue weighted by molar-refractivity contribution is 7.80. The van der Waals surface area contributed by atoms with Gasteiger partial charge in [0, 0.05) is 13.0 Å². The summed E-state index contributed by atoms with van der Waals surface area (Å²) in [5.74, 6) is -0.731. The Morgan fingerprint density at radius 3 is 2.62 bits per heavy atom. The van der Waals surface area contributed by atoms with Gasteiger partial charge in [-0.2, -0.15) is 5.01 Å². The van der Waals surface area contributed by atoms with Crippen LogP contribution in [0.2, 0.25) is 0 Å². The van der Waals surface area contributed by atoms with Gasteiger partial charge in [-0.1, -0.05) is 37.3 Å². The molecule has 1 aliphatic heterocycles. The summed E-state index contributed by atoms with van der Waals surface area (Å²) in [6.45, 7) is 2.24. The Kier molecular flexibility index (Phi) is 6.51. The van der Waals surface area contributed by atoms with Crippen LogP contribution < -0.4 is 16.1 Å². The molecule has 1 saturated heterocycles. The minimum atomic E-state index is -1.12. The second-order valence-electron chi connectivity index (χ2n) is 5.74. The first-order valence-electron chi connectivity index (χ1n) is 8.28. The van der Waals surface area contributed by atoms with Crippen LogP contribution in [0.1, 0.15) is 31.7 Å². The highest BCUT2D eigenvalue weighted by Gasteiger charge is 2.51. The predicted octanol–water partition coefficient (Wildman–Crippen LogP) is 1.18. The van der Waals surface area contributed by atoms with Crippen LogP contribution in [0.25, 0.3) is 0 Å². The molecule has 1 heterocycles. The highest BCUT2D eigenvalue weighted by atomic mass is 32.1. The van der Waals surface area contributed by atoms with Crippen LogP contribution in [0, 0.1) is 0 Å². The molecular weight excluding hydrogens is 356 g/mol. The average Bonchev–Trinajstić information content (AvgIpc) is 2.90. The standard InChI is InChI=1S/C17H22N4O4S/c1-3-17(12-8-5-4-6-9-12)14(23)21(16(24)19-17)20-15(26)18-11-7-10-13(22)25-2/h4-6,8-9H,3,7,10-11H2,1-2H3,(H,19,24)(H2,18,20,26)/t17-/m0/s1. The van der Waals surface area contributed by atoms with Crippen LogP contribution in [-0.2, 0) is 19.9 Å². The summed E-state index contributed by atoms with van der Waals surface area (Å²) in [7, 11) is 1.33. The van der Waals surface area contributed by atoms with E-state index in [0.717, 1.165) is 5.01 Å². The van der Waals surface area contributed by atoms with Crippen molar-refractivity contribution in [3.63, 3.8) is 0 Å². The van der Waals surface area contributed by atoms with Crippen LogP contribution in [-0.4, -0.2) is 41.7 Å². The lowest BCUT2D eigenvalue weighted by molar-refractivity contribution is -0.140. The normalized spacial score (nSPS) is 19.1. The van der Waals surface area contributed by atoms with E-state index in [9.17, 15) is 14.4 Å². The maximum absolute atomic E-state index is 12.9. The molecule has 0 saturated carbocycles. The zero-order chi connectivity index (χ0) is 19.2. The molecule has 1 aromatic rings. The Bertz CT molecular complexity index is 697. The molecule has 0 unspecified atom stereocenters. The van der Waals surface area contributed by atoms with E-state index >= 15 is 0 Å². The molecule has 0 spiro atoms. The minimum Gasteiger partial charge on any atom is -0.469 e. The first-order chi connectivity index (χ1) is 12.4. The van der Waals surface area contributed by atoms with Gasteiger partial charge in [0.15, 0.2) is 5.11 Å². The van der Waals surface area contributed by atoms with Crippen molar-refractivity contribution in [2.45, 2.75) is 31.7 Å². The van der Waals surface area contributed by atoms with E-state index in [-0.39, 0.29) is 17.5 Å². The quantitative estimate of drug-likeness (QED) is 0.283. The fourth-order valence-corrected chi connectivity index (χ4v) is 2.91. The van der Waals surface area contributed by atoms with Gasteiger partial charge in [0.1, 0.15) is 5.54 Å². The summed E-state index contributed by atoms with van der Waals surface area (Å²) in [5, 5.41) is 6.61. The van der Waals surface area contributed by atoms with Crippen molar-refractivity contribution < 1.29 is 19.1 Å². The molecule has 1 atom stereocenters. The van der Waals surface area contributed by atoms with Gasteiger partial charge < -0.3 is 15.4 Å². The molecule has 0 aliphatic carbocycles.